The zero-order valence-corrected chi connectivity index (χ0v) is 11.2. The van der Waals surface area contributed by atoms with Crippen LogP contribution in [0.5, 0.6) is 0 Å². The van der Waals surface area contributed by atoms with Gasteiger partial charge in [0.25, 0.3) is 0 Å². The predicted octanol–water partition coefficient (Wildman–Crippen LogP) is 1.79. The van der Waals surface area contributed by atoms with Crippen LogP contribution in [-0.4, -0.2) is 30.6 Å². The molecule has 1 aromatic heterocycles. The van der Waals surface area contributed by atoms with Gasteiger partial charge < -0.3 is 9.64 Å². The molecule has 0 spiro atoms. The maximum Gasteiger partial charge on any atom is 0.328 e. The van der Waals surface area contributed by atoms with Crippen LogP contribution in [-0.2, 0) is 9.53 Å². The second kappa shape index (κ2) is 5.70. The quantitative estimate of drug-likeness (QED) is 0.757. The third-order valence-electron chi connectivity index (χ3n) is 3.34. The molecule has 1 aromatic rings. The fraction of sp³-hybridized carbons (Fsp3) is 0.500. The molecule has 100 valence electrons. The van der Waals surface area contributed by atoms with Gasteiger partial charge in [-0.2, -0.15) is 5.26 Å². The monoisotopic (exact) mass is 259 g/mol. The van der Waals surface area contributed by atoms with Gasteiger partial charge in [-0.05, 0) is 38.3 Å². The van der Waals surface area contributed by atoms with Gasteiger partial charge >= 0.3 is 5.97 Å². The van der Waals surface area contributed by atoms with E-state index in [1.807, 2.05) is 11.8 Å². The van der Waals surface area contributed by atoms with Crippen molar-refractivity contribution in [1.29, 1.82) is 5.26 Å². The van der Waals surface area contributed by atoms with Crippen LogP contribution in [0.4, 0.5) is 5.82 Å². The maximum absolute atomic E-state index is 11.8. The standard InChI is InChI=1S/C14H17N3O2/c1-10-7-11(9-15)8-13(16-10)17-6-4-3-5-12(17)14(18)19-2/h7-8,12H,3-6H2,1-2H3. The van der Waals surface area contributed by atoms with Crippen molar-refractivity contribution in [3.8, 4) is 6.07 Å². The van der Waals surface area contributed by atoms with E-state index in [9.17, 15) is 4.79 Å². The van der Waals surface area contributed by atoms with E-state index in [1.54, 1.807) is 12.1 Å². The highest BCUT2D eigenvalue weighted by molar-refractivity contribution is 5.80. The Balaban J connectivity index is 2.35. The van der Waals surface area contributed by atoms with Crippen molar-refractivity contribution in [3.63, 3.8) is 0 Å². The van der Waals surface area contributed by atoms with Crippen molar-refractivity contribution < 1.29 is 9.53 Å². The Kier molecular flexibility index (Phi) is 4.00. The zero-order chi connectivity index (χ0) is 13.8. The number of nitrogens with zero attached hydrogens (tertiary/aromatic N) is 3. The van der Waals surface area contributed by atoms with E-state index in [4.69, 9.17) is 10.00 Å². The van der Waals surface area contributed by atoms with Crippen molar-refractivity contribution >= 4 is 11.8 Å². The highest BCUT2D eigenvalue weighted by Gasteiger charge is 2.30. The zero-order valence-electron chi connectivity index (χ0n) is 11.2. The number of esters is 1. The number of rotatable bonds is 2. The summed E-state index contributed by atoms with van der Waals surface area (Å²) in [7, 11) is 1.40. The normalized spacial score (nSPS) is 18.8. The van der Waals surface area contributed by atoms with Crippen molar-refractivity contribution in [3.05, 3.63) is 23.4 Å². The van der Waals surface area contributed by atoms with Gasteiger partial charge in [-0.15, -0.1) is 0 Å². The van der Waals surface area contributed by atoms with Gasteiger partial charge in [0, 0.05) is 12.2 Å². The summed E-state index contributed by atoms with van der Waals surface area (Å²) in [4.78, 5) is 18.2. The molecule has 5 heteroatoms. The van der Waals surface area contributed by atoms with Crippen molar-refractivity contribution in [2.45, 2.75) is 32.2 Å². The van der Waals surface area contributed by atoms with Gasteiger partial charge in [0.05, 0.1) is 18.7 Å². The van der Waals surface area contributed by atoms with Crippen molar-refractivity contribution in [2.75, 3.05) is 18.6 Å². The number of piperidine rings is 1. The molecule has 0 bridgehead atoms. The minimum absolute atomic E-state index is 0.235. The summed E-state index contributed by atoms with van der Waals surface area (Å²) in [5.41, 5.74) is 1.35. The molecular weight excluding hydrogens is 242 g/mol. The van der Waals surface area contributed by atoms with E-state index >= 15 is 0 Å². The Morgan fingerprint density at radius 3 is 3.00 bits per heavy atom. The van der Waals surface area contributed by atoms with Gasteiger partial charge in [-0.1, -0.05) is 0 Å². The molecule has 1 aliphatic heterocycles. The Labute approximate surface area is 112 Å². The molecule has 1 saturated heterocycles. The molecule has 1 atom stereocenters. The lowest BCUT2D eigenvalue weighted by Gasteiger charge is -2.34. The molecule has 2 rings (SSSR count). The maximum atomic E-state index is 11.8. The van der Waals surface area contributed by atoms with Crippen LogP contribution in [0.1, 0.15) is 30.5 Å². The molecule has 1 unspecified atom stereocenters. The number of aromatic nitrogens is 1. The molecule has 0 aromatic carbocycles. The highest BCUT2D eigenvalue weighted by Crippen LogP contribution is 2.25. The average molecular weight is 259 g/mol. The van der Waals surface area contributed by atoms with E-state index in [0.29, 0.717) is 11.4 Å². The molecular formula is C14H17N3O2. The van der Waals surface area contributed by atoms with Crippen LogP contribution in [0.25, 0.3) is 0 Å². The third-order valence-corrected chi connectivity index (χ3v) is 3.34. The Hall–Kier alpha value is -2.09. The molecule has 0 radical (unpaired) electrons. The molecule has 0 N–H and O–H groups in total. The minimum Gasteiger partial charge on any atom is -0.467 e. The fourth-order valence-electron chi connectivity index (χ4n) is 2.45. The van der Waals surface area contributed by atoms with Crippen molar-refractivity contribution in [2.24, 2.45) is 0 Å². The Morgan fingerprint density at radius 1 is 1.53 bits per heavy atom. The number of carbonyl (C=O) groups excluding carboxylic acids is 1. The van der Waals surface area contributed by atoms with Gasteiger partial charge in [0.2, 0.25) is 0 Å². The molecule has 0 saturated carbocycles. The number of aryl methyl sites for hydroxylation is 1. The summed E-state index contributed by atoms with van der Waals surface area (Å²) in [6.07, 6.45) is 2.79. The van der Waals surface area contributed by atoms with Crippen LogP contribution < -0.4 is 4.90 Å². The second-order valence-electron chi connectivity index (χ2n) is 4.70. The molecule has 0 aliphatic carbocycles. The first-order valence-electron chi connectivity index (χ1n) is 6.39. The molecule has 1 aliphatic rings. The summed E-state index contributed by atoms with van der Waals surface area (Å²) in [5, 5.41) is 9.02. The van der Waals surface area contributed by atoms with Crippen LogP contribution >= 0.6 is 0 Å². The summed E-state index contributed by atoms with van der Waals surface area (Å²) in [6.45, 7) is 2.61. The van der Waals surface area contributed by atoms with Gasteiger partial charge in [0.15, 0.2) is 0 Å². The third kappa shape index (κ3) is 2.84. The average Bonchev–Trinajstić information content (AvgIpc) is 2.45. The summed E-state index contributed by atoms with van der Waals surface area (Å²) in [6, 6.07) is 5.30. The number of nitriles is 1. The number of pyridine rings is 1. The second-order valence-corrected chi connectivity index (χ2v) is 4.70. The van der Waals surface area contributed by atoms with E-state index in [-0.39, 0.29) is 12.0 Å². The van der Waals surface area contributed by atoms with Gasteiger partial charge in [-0.25, -0.2) is 9.78 Å². The number of methoxy groups -OCH3 is 1. The summed E-state index contributed by atoms with van der Waals surface area (Å²) < 4.78 is 4.85. The number of hydrogen-bond acceptors (Lipinski definition) is 5. The molecule has 1 fully saturated rings. The number of ether oxygens (including phenoxy) is 1. The highest BCUT2D eigenvalue weighted by atomic mass is 16.5. The number of carbonyl (C=O) groups is 1. The van der Waals surface area contributed by atoms with Crippen molar-refractivity contribution in [1.82, 2.24) is 4.98 Å². The van der Waals surface area contributed by atoms with Crippen LogP contribution in [0.15, 0.2) is 12.1 Å². The molecule has 0 amide bonds. The van der Waals surface area contributed by atoms with Crippen LogP contribution in [0.2, 0.25) is 0 Å². The topological polar surface area (TPSA) is 66.2 Å². The lowest BCUT2D eigenvalue weighted by molar-refractivity contribution is -0.142. The largest absolute Gasteiger partial charge is 0.467 e. The lowest BCUT2D eigenvalue weighted by Crippen LogP contribution is -2.45. The van der Waals surface area contributed by atoms with Crippen LogP contribution in [0.3, 0.4) is 0 Å². The minimum atomic E-state index is -0.292. The molecule has 19 heavy (non-hydrogen) atoms. The van der Waals surface area contributed by atoms with Crippen LogP contribution in [0, 0.1) is 18.3 Å². The fourth-order valence-corrected chi connectivity index (χ4v) is 2.45. The lowest BCUT2D eigenvalue weighted by atomic mass is 10.0. The van der Waals surface area contributed by atoms with Gasteiger partial charge in [0.1, 0.15) is 11.9 Å². The summed E-state index contributed by atoms with van der Waals surface area (Å²) in [5.74, 6) is 0.452. The summed E-state index contributed by atoms with van der Waals surface area (Å²) >= 11 is 0. The van der Waals surface area contributed by atoms with E-state index in [0.717, 1.165) is 31.5 Å². The first kappa shape index (κ1) is 13.3. The van der Waals surface area contributed by atoms with E-state index in [2.05, 4.69) is 11.1 Å². The molecule has 2 heterocycles. The number of hydrogen-bond donors (Lipinski definition) is 0. The van der Waals surface area contributed by atoms with Gasteiger partial charge in [-0.3, -0.25) is 0 Å². The smallest absolute Gasteiger partial charge is 0.328 e. The first-order chi connectivity index (χ1) is 9.15. The predicted molar refractivity (Wildman–Crippen MR) is 70.7 cm³/mol. The molecule has 5 nitrogen and oxygen atoms in total. The number of anilines is 1. The first-order valence-corrected chi connectivity index (χ1v) is 6.39. The SMILES string of the molecule is COC(=O)C1CCCCN1c1cc(C#N)cc(C)n1. The Bertz CT molecular complexity index is 522. The Morgan fingerprint density at radius 2 is 2.32 bits per heavy atom. The van der Waals surface area contributed by atoms with E-state index < -0.39 is 0 Å². The van der Waals surface area contributed by atoms with E-state index in [1.165, 1.54) is 7.11 Å².